The molecule has 3 N–H and O–H groups in total. The van der Waals surface area contributed by atoms with Crippen molar-refractivity contribution in [3.8, 4) is 0 Å². The molecule has 114 valence electrons. The number of alkyl carbamates (subject to hydrolysis) is 1. The summed E-state index contributed by atoms with van der Waals surface area (Å²) < 4.78 is 9.93. The highest BCUT2D eigenvalue weighted by Gasteiger charge is 2.21. The Kier molecular flexibility index (Phi) is 7.60. The molecule has 1 rings (SSSR count). The lowest BCUT2D eigenvalue weighted by atomic mass is 10.2. The van der Waals surface area contributed by atoms with Gasteiger partial charge in [-0.25, -0.2) is 9.59 Å². The van der Waals surface area contributed by atoms with Crippen molar-refractivity contribution in [2.45, 2.75) is 19.1 Å². The number of esters is 1. The molecule has 0 fully saturated rings. The maximum atomic E-state index is 11.7. The van der Waals surface area contributed by atoms with Gasteiger partial charge in [0.05, 0.1) is 0 Å². The number of benzene rings is 1. The molecule has 1 unspecified atom stereocenters. The first-order valence-electron chi connectivity index (χ1n) is 6.62. The van der Waals surface area contributed by atoms with Crippen molar-refractivity contribution in [3.05, 3.63) is 48.6 Å². The van der Waals surface area contributed by atoms with Crippen LogP contribution >= 0.6 is 0 Å². The molecule has 1 atom stereocenters. The standard InChI is InChI=1S/C15H20N2O4/c1-2-10-20-14(18)13(8-9-16)17-15(19)21-11-12-6-4-3-5-7-12/h2-7,13H,1,8-11,16H2,(H,17,19). The van der Waals surface area contributed by atoms with Gasteiger partial charge < -0.3 is 20.5 Å². The van der Waals surface area contributed by atoms with Crippen LogP contribution in [0.15, 0.2) is 43.0 Å². The molecule has 0 aliphatic rings. The van der Waals surface area contributed by atoms with Crippen LogP contribution in [0.4, 0.5) is 4.79 Å². The molecule has 0 spiro atoms. The summed E-state index contributed by atoms with van der Waals surface area (Å²) in [5.41, 5.74) is 6.28. The Labute approximate surface area is 123 Å². The molecule has 0 aliphatic heterocycles. The lowest BCUT2D eigenvalue weighted by molar-refractivity contribution is -0.144. The van der Waals surface area contributed by atoms with Gasteiger partial charge in [-0.05, 0) is 18.5 Å². The molecule has 6 heteroatoms. The molecule has 0 bridgehead atoms. The fourth-order valence-corrected chi connectivity index (χ4v) is 1.56. The Morgan fingerprint density at radius 1 is 1.29 bits per heavy atom. The second-order valence-electron chi connectivity index (χ2n) is 4.25. The van der Waals surface area contributed by atoms with Crippen molar-refractivity contribution in [2.24, 2.45) is 5.73 Å². The minimum Gasteiger partial charge on any atom is -0.460 e. The van der Waals surface area contributed by atoms with Gasteiger partial charge in [-0.3, -0.25) is 0 Å². The summed E-state index contributed by atoms with van der Waals surface area (Å²) in [5, 5.41) is 2.45. The Bertz CT molecular complexity index is 462. The third kappa shape index (κ3) is 6.58. The quantitative estimate of drug-likeness (QED) is 0.557. The number of nitrogens with one attached hydrogen (secondary N) is 1. The van der Waals surface area contributed by atoms with Crippen molar-refractivity contribution in [3.63, 3.8) is 0 Å². The van der Waals surface area contributed by atoms with Crippen LogP contribution in [0.5, 0.6) is 0 Å². The van der Waals surface area contributed by atoms with Crippen LogP contribution in [0.1, 0.15) is 12.0 Å². The normalized spacial score (nSPS) is 11.3. The van der Waals surface area contributed by atoms with Gasteiger partial charge in [0.25, 0.3) is 0 Å². The second-order valence-corrected chi connectivity index (χ2v) is 4.25. The fraction of sp³-hybridized carbons (Fsp3) is 0.333. The van der Waals surface area contributed by atoms with Gasteiger partial charge in [0.1, 0.15) is 19.3 Å². The van der Waals surface area contributed by atoms with E-state index in [9.17, 15) is 9.59 Å². The van der Waals surface area contributed by atoms with E-state index in [1.54, 1.807) is 0 Å². The molecule has 1 aromatic rings. The molecule has 1 aromatic carbocycles. The lowest BCUT2D eigenvalue weighted by Gasteiger charge is -2.16. The highest BCUT2D eigenvalue weighted by molar-refractivity contribution is 5.81. The monoisotopic (exact) mass is 292 g/mol. The summed E-state index contributed by atoms with van der Waals surface area (Å²) in [6.07, 6.45) is 1.04. The Balaban J connectivity index is 2.44. The van der Waals surface area contributed by atoms with E-state index in [1.165, 1.54) is 6.08 Å². The van der Waals surface area contributed by atoms with Gasteiger partial charge in [0, 0.05) is 0 Å². The number of hydrogen-bond acceptors (Lipinski definition) is 5. The zero-order chi connectivity index (χ0) is 15.5. The highest BCUT2D eigenvalue weighted by Crippen LogP contribution is 2.02. The maximum Gasteiger partial charge on any atom is 0.408 e. The van der Waals surface area contributed by atoms with Crippen molar-refractivity contribution >= 4 is 12.1 Å². The van der Waals surface area contributed by atoms with E-state index in [0.717, 1.165) is 5.56 Å². The van der Waals surface area contributed by atoms with Crippen LogP contribution < -0.4 is 11.1 Å². The molecule has 0 heterocycles. The van der Waals surface area contributed by atoms with E-state index in [-0.39, 0.29) is 26.2 Å². The molecule has 0 saturated carbocycles. The average Bonchev–Trinajstić information content (AvgIpc) is 2.51. The van der Waals surface area contributed by atoms with E-state index in [1.807, 2.05) is 30.3 Å². The molecule has 0 radical (unpaired) electrons. The first kappa shape index (κ1) is 16.7. The zero-order valence-corrected chi connectivity index (χ0v) is 11.8. The Morgan fingerprint density at radius 2 is 2.00 bits per heavy atom. The van der Waals surface area contributed by atoms with Crippen LogP contribution in [0.2, 0.25) is 0 Å². The highest BCUT2D eigenvalue weighted by atomic mass is 16.6. The average molecular weight is 292 g/mol. The predicted octanol–water partition coefficient (Wildman–Crippen LogP) is 1.36. The maximum absolute atomic E-state index is 11.7. The van der Waals surface area contributed by atoms with Crippen molar-refractivity contribution in [1.29, 1.82) is 0 Å². The number of rotatable bonds is 8. The molecular formula is C15H20N2O4. The number of carbonyl (C=O) groups is 2. The van der Waals surface area contributed by atoms with Gasteiger partial charge in [-0.15, -0.1) is 0 Å². The van der Waals surface area contributed by atoms with Gasteiger partial charge in [0.15, 0.2) is 0 Å². The van der Waals surface area contributed by atoms with Gasteiger partial charge in [-0.1, -0.05) is 43.0 Å². The number of carbonyl (C=O) groups excluding carboxylic acids is 2. The zero-order valence-electron chi connectivity index (χ0n) is 11.8. The molecule has 21 heavy (non-hydrogen) atoms. The third-order valence-electron chi connectivity index (χ3n) is 2.59. The molecule has 6 nitrogen and oxygen atoms in total. The van der Waals surface area contributed by atoms with Crippen LogP contribution in [0.25, 0.3) is 0 Å². The van der Waals surface area contributed by atoms with E-state index < -0.39 is 18.1 Å². The SMILES string of the molecule is C=CCOC(=O)C(CCN)NC(=O)OCc1ccccc1. The van der Waals surface area contributed by atoms with Gasteiger partial charge in [0.2, 0.25) is 0 Å². The van der Waals surface area contributed by atoms with Crippen molar-refractivity contribution in [2.75, 3.05) is 13.2 Å². The smallest absolute Gasteiger partial charge is 0.408 e. The van der Waals surface area contributed by atoms with Crippen molar-refractivity contribution in [1.82, 2.24) is 5.32 Å². The summed E-state index contributed by atoms with van der Waals surface area (Å²) in [5.74, 6) is -0.558. The Hall–Kier alpha value is -2.34. The molecule has 0 aromatic heterocycles. The van der Waals surface area contributed by atoms with E-state index in [0.29, 0.717) is 0 Å². The van der Waals surface area contributed by atoms with Crippen LogP contribution in [-0.2, 0) is 20.9 Å². The topological polar surface area (TPSA) is 90.6 Å². The van der Waals surface area contributed by atoms with Crippen LogP contribution in [0, 0.1) is 0 Å². The van der Waals surface area contributed by atoms with E-state index in [2.05, 4.69) is 11.9 Å². The summed E-state index contributed by atoms with van der Waals surface area (Å²) in [4.78, 5) is 23.4. The number of ether oxygens (including phenoxy) is 2. The van der Waals surface area contributed by atoms with Gasteiger partial charge >= 0.3 is 12.1 Å². The minimum absolute atomic E-state index is 0.0840. The van der Waals surface area contributed by atoms with E-state index >= 15 is 0 Å². The third-order valence-corrected chi connectivity index (χ3v) is 2.59. The molecule has 1 amide bonds. The largest absolute Gasteiger partial charge is 0.460 e. The van der Waals surface area contributed by atoms with E-state index in [4.69, 9.17) is 15.2 Å². The molecular weight excluding hydrogens is 272 g/mol. The first-order chi connectivity index (χ1) is 10.2. The summed E-state index contributed by atoms with van der Waals surface area (Å²) in [7, 11) is 0. The van der Waals surface area contributed by atoms with Gasteiger partial charge in [-0.2, -0.15) is 0 Å². The second kappa shape index (κ2) is 9.55. The number of nitrogens with two attached hydrogens (primary N) is 1. The molecule has 0 aliphatic carbocycles. The number of hydrogen-bond donors (Lipinski definition) is 2. The molecule has 0 saturated heterocycles. The summed E-state index contributed by atoms with van der Waals surface area (Å²) in [6.45, 7) is 3.90. The minimum atomic E-state index is -0.821. The lowest BCUT2D eigenvalue weighted by Crippen LogP contribution is -2.43. The van der Waals surface area contributed by atoms with Crippen LogP contribution in [-0.4, -0.2) is 31.3 Å². The number of amides is 1. The van der Waals surface area contributed by atoms with Crippen LogP contribution in [0.3, 0.4) is 0 Å². The fourth-order valence-electron chi connectivity index (χ4n) is 1.56. The Morgan fingerprint density at radius 3 is 2.62 bits per heavy atom. The predicted molar refractivity (Wildman–Crippen MR) is 78.4 cm³/mol. The van der Waals surface area contributed by atoms with Crippen molar-refractivity contribution < 1.29 is 19.1 Å². The summed E-state index contributed by atoms with van der Waals surface area (Å²) in [6, 6.07) is 8.42. The first-order valence-corrected chi connectivity index (χ1v) is 6.62. The summed E-state index contributed by atoms with van der Waals surface area (Å²) >= 11 is 0.